The molecule has 2 atom stereocenters. The molecule has 2 saturated heterocycles. The third kappa shape index (κ3) is 7.07. The lowest BCUT2D eigenvalue weighted by Crippen LogP contribution is -2.43. The Kier molecular flexibility index (Phi) is 9.49. The van der Waals surface area contributed by atoms with E-state index in [1.54, 1.807) is 4.31 Å². The summed E-state index contributed by atoms with van der Waals surface area (Å²) in [6.07, 6.45) is 4.59. The number of ether oxygens (including phenoxy) is 1. The predicted octanol–water partition coefficient (Wildman–Crippen LogP) is 4.07. The molecule has 4 rings (SSSR count). The first-order valence-electron chi connectivity index (χ1n) is 13.6. The summed E-state index contributed by atoms with van der Waals surface area (Å²) in [4.78, 5) is 13.0. The van der Waals surface area contributed by atoms with Gasteiger partial charge in [0.05, 0.1) is 22.4 Å². The molecule has 11 heteroatoms. The van der Waals surface area contributed by atoms with Crippen molar-refractivity contribution in [2.75, 3.05) is 31.6 Å². The van der Waals surface area contributed by atoms with E-state index in [0.717, 1.165) is 47.5 Å². The first kappa shape index (κ1) is 29.7. The topological polar surface area (TPSA) is 113 Å². The number of anilines is 1. The largest absolute Gasteiger partial charge is 0.377 e. The van der Waals surface area contributed by atoms with E-state index in [2.05, 4.69) is 5.32 Å². The van der Waals surface area contributed by atoms with Gasteiger partial charge in [0.15, 0.2) is 0 Å². The minimum atomic E-state index is -4.11. The number of benzene rings is 2. The fourth-order valence-corrected chi connectivity index (χ4v) is 8.63. The maximum atomic E-state index is 13.7. The van der Waals surface area contributed by atoms with E-state index in [1.165, 1.54) is 24.3 Å². The first-order valence-corrected chi connectivity index (χ1v) is 16.5. The third-order valence-corrected chi connectivity index (χ3v) is 11.2. The van der Waals surface area contributed by atoms with E-state index in [9.17, 15) is 21.6 Å². The molecule has 0 unspecified atom stereocenters. The molecule has 2 fully saturated rings. The first-order chi connectivity index (χ1) is 18.5. The Morgan fingerprint density at radius 3 is 2.26 bits per heavy atom. The monoisotopic (exact) mass is 577 g/mol. The second-order valence-electron chi connectivity index (χ2n) is 10.5. The van der Waals surface area contributed by atoms with Gasteiger partial charge in [0.25, 0.3) is 0 Å². The minimum absolute atomic E-state index is 0.0363. The van der Waals surface area contributed by atoms with Gasteiger partial charge in [-0.2, -0.15) is 8.61 Å². The van der Waals surface area contributed by atoms with Crippen LogP contribution in [0, 0.1) is 13.8 Å². The molecule has 0 saturated carbocycles. The zero-order valence-electron chi connectivity index (χ0n) is 22.9. The van der Waals surface area contributed by atoms with Crippen molar-refractivity contribution in [3.63, 3.8) is 0 Å². The Balaban J connectivity index is 1.56. The van der Waals surface area contributed by atoms with Gasteiger partial charge in [-0.3, -0.25) is 4.79 Å². The lowest BCUT2D eigenvalue weighted by atomic mass is 10.0. The maximum absolute atomic E-state index is 13.7. The molecular formula is C28H39N3O6S2. The standard InChI is InChI=1S/C28H39N3O6S2/c1-4-24-8-5-6-14-31(24)39(35,36)27-12-10-26(11-13-27)38(33,34)30(19-25-9-7-15-37-25)20-28(32)29-23-17-21(2)16-22(3)18-23/h10-13,16-18,24-25H,4-9,14-15,19-20H2,1-3H3,(H,29,32)/t24-,25+/m0/s1. The van der Waals surface area contributed by atoms with Crippen molar-refractivity contribution < 1.29 is 26.4 Å². The van der Waals surface area contributed by atoms with Crippen LogP contribution in [-0.4, -0.2) is 69.7 Å². The van der Waals surface area contributed by atoms with Crippen LogP contribution in [0.4, 0.5) is 5.69 Å². The molecule has 2 heterocycles. The zero-order valence-corrected chi connectivity index (χ0v) is 24.6. The van der Waals surface area contributed by atoms with Crippen molar-refractivity contribution in [1.82, 2.24) is 8.61 Å². The maximum Gasteiger partial charge on any atom is 0.243 e. The number of nitrogens with one attached hydrogen (secondary N) is 1. The average Bonchev–Trinajstić information content (AvgIpc) is 3.41. The summed E-state index contributed by atoms with van der Waals surface area (Å²) in [7, 11) is -7.86. The number of carbonyl (C=O) groups excluding carboxylic acids is 1. The van der Waals surface area contributed by atoms with Crippen LogP contribution in [0.15, 0.2) is 52.3 Å². The van der Waals surface area contributed by atoms with Gasteiger partial charge in [-0.15, -0.1) is 0 Å². The van der Waals surface area contributed by atoms with E-state index in [-0.39, 0.29) is 35.0 Å². The summed E-state index contributed by atoms with van der Waals surface area (Å²) in [6, 6.07) is 10.9. The van der Waals surface area contributed by atoms with Gasteiger partial charge in [0.1, 0.15) is 0 Å². The smallest absolute Gasteiger partial charge is 0.243 e. The van der Waals surface area contributed by atoms with Crippen molar-refractivity contribution in [2.45, 2.75) is 81.2 Å². The molecule has 2 aromatic rings. The fraction of sp³-hybridized carbons (Fsp3) is 0.536. The van der Waals surface area contributed by atoms with Gasteiger partial charge < -0.3 is 10.1 Å². The molecule has 2 aliphatic rings. The lowest BCUT2D eigenvalue weighted by molar-refractivity contribution is -0.116. The van der Waals surface area contributed by atoms with Gasteiger partial charge in [-0.25, -0.2) is 16.8 Å². The van der Waals surface area contributed by atoms with Gasteiger partial charge in [-0.1, -0.05) is 19.4 Å². The Hall–Kier alpha value is -2.31. The highest BCUT2D eigenvalue weighted by Crippen LogP contribution is 2.28. The number of piperidine rings is 1. The number of hydrogen-bond acceptors (Lipinski definition) is 6. The van der Waals surface area contributed by atoms with E-state index in [1.807, 2.05) is 39.0 Å². The molecule has 1 N–H and O–H groups in total. The summed E-state index contributed by atoms with van der Waals surface area (Å²) in [5.41, 5.74) is 2.57. The summed E-state index contributed by atoms with van der Waals surface area (Å²) >= 11 is 0. The van der Waals surface area contributed by atoms with Crippen LogP contribution in [0.25, 0.3) is 0 Å². The molecule has 9 nitrogen and oxygen atoms in total. The molecular weight excluding hydrogens is 538 g/mol. The number of rotatable bonds is 10. The van der Waals surface area contributed by atoms with Crippen molar-refractivity contribution in [1.29, 1.82) is 0 Å². The van der Waals surface area contributed by atoms with Crippen molar-refractivity contribution in [3.05, 3.63) is 53.6 Å². The van der Waals surface area contributed by atoms with Gasteiger partial charge in [0, 0.05) is 31.4 Å². The highest BCUT2D eigenvalue weighted by Gasteiger charge is 2.34. The molecule has 214 valence electrons. The van der Waals surface area contributed by atoms with Crippen LogP contribution in [0.2, 0.25) is 0 Å². The molecule has 0 radical (unpaired) electrons. The Morgan fingerprint density at radius 2 is 1.64 bits per heavy atom. The number of nitrogens with zero attached hydrogens (tertiary/aromatic N) is 2. The molecule has 0 bridgehead atoms. The number of amides is 1. The van der Waals surface area contributed by atoms with Crippen LogP contribution in [0.3, 0.4) is 0 Å². The summed E-state index contributed by atoms with van der Waals surface area (Å²) in [5, 5.41) is 2.81. The van der Waals surface area contributed by atoms with Crippen LogP contribution < -0.4 is 5.32 Å². The molecule has 0 aliphatic carbocycles. The minimum Gasteiger partial charge on any atom is -0.377 e. The number of sulfonamides is 2. The fourth-order valence-electron chi connectivity index (χ4n) is 5.44. The van der Waals surface area contributed by atoms with Crippen LogP contribution in [0.5, 0.6) is 0 Å². The number of aryl methyl sites for hydroxylation is 2. The normalized spacial score (nSPS) is 20.8. The SMILES string of the molecule is CC[C@H]1CCCCN1S(=O)(=O)c1ccc(S(=O)(=O)N(CC(=O)Nc2cc(C)cc(C)c2)C[C@H]2CCCO2)cc1. The van der Waals surface area contributed by atoms with Gasteiger partial charge in [0.2, 0.25) is 26.0 Å². The molecule has 39 heavy (non-hydrogen) atoms. The van der Waals surface area contributed by atoms with Gasteiger partial charge in [-0.05, 0) is 93.5 Å². The molecule has 0 spiro atoms. The zero-order chi connectivity index (χ0) is 28.2. The lowest BCUT2D eigenvalue weighted by Gasteiger charge is -2.34. The molecule has 0 aromatic heterocycles. The molecule has 1 amide bonds. The Labute approximate surface area is 232 Å². The Morgan fingerprint density at radius 1 is 0.974 bits per heavy atom. The van der Waals surface area contributed by atoms with E-state index < -0.39 is 26.0 Å². The second kappa shape index (κ2) is 12.5. The predicted molar refractivity (Wildman–Crippen MR) is 151 cm³/mol. The van der Waals surface area contributed by atoms with E-state index in [4.69, 9.17) is 4.74 Å². The van der Waals surface area contributed by atoms with Gasteiger partial charge >= 0.3 is 0 Å². The van der Waals surface area contributed by atoms with Crippen molar-refractivity contribution in [3.8, 4) is 0 Å². The number of carbonyl (C=O) groups is 1. The average molecular weight is 578 g/mol. The highest BCUT2D eigenvalue weighted by molar-refractivity contribution is 7.89. The van der Waals surface area contributed by atoms with Crippen LogP contribution >= 0.6 is 0 Å². The number of hydrogen-bond donors (Lipinski definition) is 1. The van der Waals surface area contributed by atoms with Crippen molar-refractivity contribution >= 4 is 31.6 Å². The third-order valence-electron chi connectivity index (χ3n) is 7.37. The Bertz CT molecular complexity index is 1350. The molecule has 2 aromatic carbocycles. The second-order valence-corrected chi connectivity index (χ2v) is 14.3. The van der Waals surface area contributed by atoms with Crippen molar-refractivity contribution in [2.24, 2.45) is 0 Å². The summed E-state index contributed by atoms with van der Waals surface area (Å²) < 4.78 is 62.5. The summed E-state index contributed by atoms with van der Waals surface area (Å²) in [6.45, 7) is 6.49. The van der Waals surface area contributed by atoms with Crippen LogP contribution in [-0.2, 0) is 29.6 Å². The van der Waals surface area contributed by atoms with Crippen LogP contribution in [0.1, 0.15) is 56.6 Å². The highest BCUT2D eigenvalue weighted by atomic mass is 32.2. The quantitative estimate of drug-likeness (QED) is 0.456. The summed E-state index contributed by atoms with van der Waals surface area (Å²) in [5.74, 6) is -0.462. The molecule has 2 aliphatic heterocycles. The van der Waals surface area contributed by atoms with E-state index >= 15 is 0 Å². The van der Waals surface area contributed by atoms with E-state index in [0.29, 0.717) is 25.3 Å².